The lowest BCUT2D eigenvalue weighted by Crippen LogP contribution is -2.31. The summed E-state index contributed by atoms with van der Waals surface area (Å²) >= 11 is 5.70. The maximum atomic E-state index is 12.0. The third-order valence-corrected chi connectivity index (χ3v) is 2.96. The Kier molecular flexibility index (Phi) is 3.25. The Morgan fingerprint density at radius 1 is 1.44 bits per heavy atom. The third kappa shape index (κ3) is 2.09. The number of alkyl halides is 1. The molecule has 4 heteroatoms. The van der Waals surface area contributed by atoms with Gasteiger partial charge in [0.25, 0.3) is 5.91 Å². The minimum absolute atomic E-state index is 0.0822. The summed E-state index contributed by atoms with van der Waals surface area (Å²) in [4.78, 5) is 24.7. The van der Waals surface area contributed by atoms with Gasteiger partial charge >= 0.3 is 0 Å². The van der Waals surface area contributed by atoms with Gasteiger partial charge in [0.15, 0.2) is 0 Å². The number of imide groups is 1. The molecule has 84 valence electrons. The van der Waals surface area contributed by atoms with Gasteiger partial charge in [0, 0.05) is 24.4 Å². The quantitative estimate of drug-likeness (QED) is 0.584. The highest BCUT2D eigenvalue weighted by atomic mass is 35.5. The minimum Gasteiger partial charge on any atom is -0.279 e. The molecule has 1 heterocycles. The van der Waals surface area contributed by atoms with Crippen LogP contribution in [-0.2, 0) is 10.7 Å². The van der Waals surface area contributed by atoms with Crippen molar-refractivity contribution < 1.29 is 9.59 Å². The van der Waals surface area contributed by atoms with Crippen molar-refractivity contribution in [3.05, 3.63) is 35.4 Å². The van der Waals surface area contributed by atoms with Crippen molar-refractivity contribution in [1.29, 1.82) is 0 Å². The van der Waals surface area contributed by atoms with Crippen molar-refractivity contribution in [1.82, 2.24) is 4.90 Å². The molecule has 0 radical (unpaired) electrons. The van der Waals surface area contributed by atoms with Crippen LogP contribution in [-0.4, -0.2) is 23.3 Å². The molecule has 0 atom stereocenters. The smallest absolute Gasteiger partial charge is 0.260 e. The van der Waals surface area contributed by atoms with E-state index in [0.29, 0.717) is 24.4 Å². The Morgan fingerprint density at radius 2 is 2.25 bits per heavy atom. The average molecular weight is 238 g/mol. The number of hydrogen-bond donors (Lipinski definition) is 0. The summed E-state index contributed by atoms with van der Waals surface area (Å²) in [5.41, 5.74) is 1.42. The number of halogens is 1. The highest BCUT2D eigenvalue weighted by molar-refractivity contribution is 6.17. The van der Waals surface area contributed by atoms with E-state index in [1.165, 1.54) is 4.90 Å². The zero-order valence-corrected chi connectivity index (χ0v) is 9.54. The first-order valence-electron chi connectivity index (χ1n) is 5.22. The molecule has 0 bridgehead atoms. The van der Waals surface area contributed by atoms with Crippen LogP contribution >= 0.6 is 11.6 Å². The van der Waals surface area contributed by atoms with Crippen LogP contribution in [0, 0.1) is 0 Å². The lowest BCUT2D eigenvalue weighted by Gasteiger charge is -2.13. The zero-order valence-electron chi connectivity index (χ0n) is 8.78. The fourth-order valence-corrected chi connectivity index (χ4v) is 1.97. The van der Waals surface area contributed by atoms with Crippen molar-refractivity contribution in [2.24, 2.45) is 0 Å². The van der Waals surface area contributed by atoms with Gasteiger partial charge in [-0.15, -0.1) is 11.6 Å². The summed E-state index contributed by atoms with van der Waals surface area (Å²) in [7, 11) is 0. The first-order valence-corrected chi connectivity index (χ1v) is 5.75. The second-order valence-electron chi connectivity index (χ2n) is 3.79. The third-order valence-electron chi connectivity index (χ3n) is 2.65. The zero-order chi connectivity index (χ0) is 11.5. The van der Waals surface area contributed by atoms with Gasteiger partial charge in [-0.05, 0) is 24.1 Å². The maximum Gasteiger partial charge on any atom is 0.260 e. The summed E-state index contributed by atoms with van der Waals surface area (Å²) in [6.45, 7) is 0.531. The second kappa shape index (κ2) is 4.66. The van der Waals surface area contributed by atoms with Crippen molar-refractivity contribution in [3.63, 3.8) is 0 Å². The molecule has 1 saturated heterocycles. The molecule has 1 aliphatic heterocycles. The van der Waals surface area contributed by atoms with Crippen LogP contribution in [0.1, 0.15) is 28.8 Å². The van der Waals surface area contributed by atoms with Gasteiger partial charge in [-0.2, -0.15) is 0 Å². The number of rotatable bonds is 2. The van der Waals surface area contributed by atoms with E-state index in [2.05, 4.69) is 0 Å². The number of carbonyl (C=O) groups is 2. The summed E-state index contributed by atoms with van der Waals surface area (Å²) < 4.78 is 0. The van der Waals surface area contributed by atoms with Crippen LogP contribution in [0.15, 0.2) is 24.3 Å². The molecule has 0 unspecified atom stereocenters. The fourth-order valence-electron chi connectivity index (χ4n) is 1.81. The summed E-state index contributed by atoms with van der Waals surface area (Å²) in [5.74, 6) is 0.0745. The first-order chi connectivity index (χ1) is 7.72. The Labute approximate surface area is 99.0 Å². The van der Waals surface area contributed by atoms with E-state index < -0.39 is 0 Å². The van der Waals surface area contributed by atoms with Crippen LogP contribution in [0.25, 0.3) is 0 Å². The molecule has 1 fully saturated rings. The van der Waals surface area contributed by atoms with E-state index in [1.54, 1.807) is 18.2 Å². The maximum absolute atomic E-state index is 12.0. The van der Waals surface area contributed by atoms with Crippen LogP contribution in [0.5, 0.6) is 0 Å². The minimum atomic E-state index is -0.213. The number of benzene rings is 1. The highest BCUT2D eigenvalue weighted by Gasteiger charge is 2.27. The molecule has 1 aliphatic rings. The second-order valence-corrected chi connectivity index (χ2v) is 4.06. The molecular weight excluding hydrogens is 226 g/mol. The SMILES string of the molecule is O=C1CCCN1C(=O)c1cccc(CCl)c1. The molecule has 1 aromatic carbocycles. The Balaban J connectivity index is 2.23. The highest BCUT2D eigenvalue weighted by Crippen LogP contribution is 2.15. The van der Waals surface area contributed by atoms with Gasteiger partial charge in [-0.3, -0.25) is 14.5 Å². The molecule has 1 aromatic rings. The normalized spacial score (nSPS) is 15.6. The van der Waals surface area contributed by atoms with Gasteiger partial charge in [0.2, 0.25) is 5.91 Å². The molecule has 0 aliphatic carbocycles. The van der Waals surface area contributed by atoms with Crippen molar-refractivity contribution in [2.45, 2.75) is 18.7 Å². The Morgan fingerprint density at radius 3 is 2.88 bits per heavy atom. The van der Waals surface area contributed by atoms with Crippen LogP contribution in [0.4, 0.5) is 0 Å². The predicted molar refractivity (Wildman–Crippen MR) is 61.3 cm³/mol. The van der Waals surface area contributed by atoms with E-state index >= 15 is 0 Å². The van der Waals surface area contributed by atoms with Gasteiger partial charge in [0.05, 0.1) is 0 Å². The van der Waals surface area contributed by atoms with Gasteiger partial charge in [0.1, 0.15) is 0 Å². The van der Waals surface area contributed by atoms with Crippen molar-refractivity contribution in [2.75, 3.05) is 6.54 Å². The lowest BCUT2D eigenvalue weighted by molar-refractivity contribution is -0.125. The van der Waals surface area contributed by atoms with E-state index in [9.17, 15) is 9.59 Å². The number of amides is 2. The molecular formula is C12H12ClNO2. The molecule has 16 heavy (non-hydrogen) atoms. The van der Waals surface area contributed by atoms with E-state index in [4.69, 9.17) is 11.6 Å². The number of nitrogens with zero attached hydrogens (tertiary/aromatic N) is 1. The molecule has 3 nitrogen and oxygen atoms in total. The molecule has 2 rings (SSSR count). The number of carbonyl (C=O) groups excluding carboxylic acids is 2. The van der Waals surface area contributed by atoms with Crippen LogP contribution in [0.3, 0.4) is 0 Å². The van der Waals surface area contributed by atoms with Crippen LogP contribution in [0.2, 0.25) is 0 Å². The molecule has 0 aromatic heterocycles. The molecule has 0 N–H and O–H groups in total. The number of hydrogen-bond acceptors (Lipinski definition) is 2. The van der Waals surface area contributed by atoms with E-state index in [0.717, 1.165) is 12.0 Å². The topological polar surface area (TPSA) is 37.4 Å². The lowest BCUT2D eigenvalue weighted by atomic mass is 10.1. The average Bonchev–Trinajstić information content (AvgIpc) is 2.74. The summed E-state index contributed by atoms with van der Waals surface area (Å²) in [5, 5.41) is 0. The fraction of sp³-hybridized carbons (Fsp3) is 0.333. The van der Waals surface area contributed by atoms with Crippen molar-refractivity contribution >= 4 is 23.4 Å². The number of likely N-dealkylation sites (tertiary alicyclic amines) is 1. The summed E-state index contributed by atoms with van der Waals surface area (Å²) in [6, 6.07) is 7.09. The predicted octanol–water partition coefficient (Wildman–Crippen LogP) is 2.19. The van der Waals surface area contributed by atoms with Crippen LogP contribution < -0.4 is 0 Å². The molecule has 0 saturated carbocycles. The van der Waals surface area contributed by atoms with Gasteiger partial charge in [-0.1, -0.05) is 12.1 Å². The molecule has 2 amide bonds. The first kappa shape index (κ1) is 11.1. The Bertz CT molecular complexity index is 431. The van der Waals surface area contributed by atoms with Crippen molar-refractivity contribution in [3.8, 4) is 0 Å². The Hall–Kier alpha value is -1.35. The standard InChI is InChI=1S/C12H12ClNO2/c13-8-9-3-1-4-10(7-9)12(16)14-6-2-5-11(14)15/h1,3-4,7H,2,5-6,8H2. The largest absolute Gasteiger partial charge is 0.279 e. The van der Waals surface area contributed by atoms with E-state index in [-0.39, 0.29) is 11.8 Å². The van der Waals surface area contributed by atoms with Gasteiger partial charge < -0.3 is 0 Å². The monoisotopic (exact) mass is 237 g/mol. The summed E-state index contributed by atoms with van der Waals surface area (Å²) in [6.07, 6.45) is 1.24. The van der Waals surface area contributed by atoms with E-state index in [1.807, 2.05) is 6.07 Å². The molecule has 0 spiro atoms. The van der Waals surface area contributed by atoms with Gasteiger partial charge in [-0.25, -0.2) is 0 Å².